The van der Waals surface area contributed by atoms with Crippen LogP contribution >= 0.6 is 0 Å². The Kier molecular flexibility index (Phi) is 15.4. The summed E-state index contributed by atoms with van der Waals surface area (Å²) in [4.78, 5) is 11.8. The third-order valence-electron chi connectivity index (χ3n) is 4.03. The lowest BCUT2D eigenvalue weighted by molar-refractivity contribution is -0.140. The number of unbranched alkanes of at least 4 members (excludes halogenated alkanes) is 9. The molecule has 23 heavy (non-hydrogen) atoms. The average Bonchev–Trinajstić information content (AvgIpc) is 2.56. The van der Waals surface area contributed by atoms with E-state index in [2.05, 4.69) is 13.5 Å². The van der Waals surface area contributed by atoms with Crippen molar-refractivity contribution in [2.24, 2.45) is 0 Å². The zero-order valence-electron chi connectivity index (χ0n) is 14.9. The van der Waals surface area contributed by atoms with Gasteiger partial charge in [-0.1, -0.05) is 71.3 Å². The second-order valence-corrected chi connectivity index (χ2v) is 6.22. The fourth-order valence-corrected chi connectivity index (χ4v) is 2.43. The first kappa shape index (κ1) is 22.1. The maximum Gasteiger partial charge on any atom is 0.336 e. The summed E-state index contributed by atoms with van der Waals surface area (Å²) in [7, 11) is 0. The highest BCUT2D eigenvalue weighted by Crippen LogP contribution is 2.12. The molecule has 1 atom stereocenters. The third kappa shape index (κ3) is 13.3. The molecule has 1 unspecified atom stereocenters. The Bertz CT molecular complexity index is 302. The molecule has 0 aliphatic rings. The molecule has 0 aromatic heterocycles. The number of ether oxygens (including phenoxy) is 1. The standard InChI is InChI=1S/C19H36O4/c1-3-4-5-6-7-8-9-13-16-23-19(22)17(2)18(21)14-11-10-12-15-20/h18,20-21H,2-16H2,1H3. The monoisotopic (exact) mass is 328 g/mol. The largest absolute Gasteiger partial charge is 0.462 e. The number of aliphatic hydroxyl groups is 2. The Morgan fingerprint density at radius 3 is 2.13 bits per heavy atom. The average molecular weight is 328 g/mol. The van der Waals surface area contributed by atoms with E-state index in [9.17, 15) is 9.90 Å². The van der Waals surface area contributed by atoms with Crippen molar-refractivity contribution >= 4 is 5.97 Å². The van der Waals surface area contributed by atoms with Gasteiger partial charge >= 0.3 is 5.97 Å². The normalized spacial score (nSPS) is 12.1. The van der Waals surface area contributed by atoms with Gasteiger partial charge in [-0.05, 0) is 19.3 Å². The van der Waals surface area contributed by atoms with Crippen molar-refractivity contribution in [1.29, 1.82) is 0 Å². The van der Waals surface area contributed by atoms with Crippen LogP contribution < -0.4 is 0 Å². The van der Waals surface area contributed by atoms with Gasteiger partial charge in [0.25, 0.3) is 0 Å². The van der Waals surface area contributed by atoms with Gasteiger partial charge in [0, 0.05) is 6.61 Å². The molecule has 0 aromatic carbocycles. The van der Waals surface area contributed by atoms with E-state index < -0.39 is 12.1 Å². The maximum absolute atomic E-state index is 11.8. The number of hydrogen-bond acceptors (Lipinski definition) is 4. The van der Waals surface area contributed by atoms with Crippen LogP contribution in [0.15, 0.2) is 12.2 Å². The number of esters is 1. The first-order valence-electron chi connectivity index (χ1n) is 9.28. The first-order chi connectivity index (χ1) is 11.1. The minimum atomic E-state index is -0.834. The van der Waals surface area contributed by atoms with Crippen molar-refractivity contribution < 1.29 is 19.7 Å². The summed E-state index contributed by atoms with van der Waals surface area (Å²) in [5.74, 6) is -0.484. The van der Waals surface area contributed by atoms with Crippen LogP contribution in [0, 0.1) is 0 Å². The van der Waals surface area contributed by atoms with Gasteiger partial charge in [0.2, 0.25) is 0 Å². The van der Waals surface area contributed by atoms with Crippen molar-refractivity contribution in [2.45, 2.75) is 90.1 Å². The van der Waals surface area contributed by atoms with Crippen LogP contribution in [-0.4, -0.2) is 35.5 Å². The van der Waals surface area contributed by atoms with Gasteiger partial charge in [-0.2, -0.15) is 0 Å². The van der Waals surface area contributed by atoms with Crippen molar-refractivity contribution in [3.05, 3.63) is 12.2 Å². The molecular formula is C19H36O4. The van der Waals surface area contributed by atoms with Gasteiger partial charge in [0.15, 0.2) is 0 Å². The number of carbonyl (C=O) groups excluding carboxylic acids is 1. The molecule has 0 fully saturated rings. The van der Waals surface area contributed by atoms with E-state index in [0.29, 0.717) is 13.0 Å². The van der Waals surface area contributed by atoms with Gasteiger partial charge in [-0.15, -0.1) is 0 Å². The molecule has 0 spiro atoms. The third-order valence-corrected chi connectivity index (χ3v) is 4.03. The van der Waals surface area contributed by atoms with E-state index >= 15 is 0 Å². The molecule has 136 valence electrons. The van der Waals surface area contributed by atoms with E-state index in [1.165, 1.54) is 38.5 Å². The quantitative estimate of drug-likeness (QED) is 0.254. The summed E-state index contributed by atoms with van der Waals surface area (Å²) in [6.45, 7) is 6.42. The number of aliphatic hydroxyl groups excluding tert-OH is 2. The lowest BCUT2D eigenvalue weighted by Gasteiger charge is -2.13. The molecule has 0 aliphatic carbocycles. The van der Waals surface area contributed by atoms with E-state index in [-0.39, 0.29) is 12.2 Å². The van der Waals surface area contributed by atoms with Crippen LogP contribution in [0.4, 0.5) is 0 Å². The van der Waals surface area contributed by atoms with E-state index in [1.807, 2.05) is 0 Å². The van der Waals surface area contributed by atoms with Gasteiger partial charge in [-0.3, -0.25) is 0 Å². The first-order valence-corrected chi connectivity index (χ1v) is 9.28. The lowest BCUT2D eigenvalue weighted by atomic mass is 10.0. The van der Waals surface area contributed by atoms with Crippen LogP contribution in [0.2, 0.25) is 0 Å². The molecule has 4 heteroatoms. The molecule has 0 heterocycles. The fraction of sp³-hybridized carbons (Fsp3) is 0.842. The van der Waals surface area contributed by atoms with Crippen molar-refractivity contribution in [3.63, 3.8) is 0 Å². The van der Waals surface area contributed by atoms with Crippen LogP contribution in [0.5, 0.6) is 0 Å². The highest BCUT2D eigenvalue weighted by atomic mass is 16.5. The van der Waals surface area contributed by atoms with Crippen LogP contribution in [-0.2, 0) is 9.53 Å². The summed E-state index contributed by atoms with van der Waals surface area (Å²) in [6.07, 6.45) is 11.6. The summed E-state index contributed by atoms with van der Waals surface area (Å²) in [6, 6.07) is 0. The molecule has 0 bridgehead atoms. The summed E-state index contributed by atoms with van der Waals surface area (Å²) >= 11 is 0. The van der Waals surface area contributed by atoms with Crippen LogP contribution in [0.25, 0.3) is 0 Å². The molecule has 0 aliphatic heterocycles. The highest BCUT2D eigenvalue weighted by Gasteiger charge is 2.17. The van der Waals surface area contributed by atoms with Crippen LogP contribution in [0.3, 0.4) is 0 Å². The van der Waals surface area contributed by atoms with Crippen LogP contribution in [0.1, 0.15) is 84.0 Å². The van der Waals surface area contributed by atoms with E-state index in [4.69, 9.17) is 9.84 Å². The minimum Gasteiger partial charge on any atom is -0.462 e. The van der Waals surface area contributed by atoms with E-state index in [1.54, 1.807) is 0 Å². The van der Waals surface area contributed by atoms with Crippen molar-refractivity contribution in [1.82, 2.24) is 0 Å². The molecule has 0 rings (SSSR count). The van der Waals surface area contributed by atoms with Gasteiger partial charge < -0.3 is 14.9 Å². The molecule has 4 nitrogen and oxygen atoms in total. The van der Waals surface area contributed by atoms with Gasteiger partial charge in [0.1, 0.15) is 0 Å². The zero-order valence-corrected chi connectivity index (χ0v) is 14.9. The minimum absolute atomic E-state index is 0.147. The Labute approximate surface area is 141 Å². The summed E-state index contributed by atoms with van der Waals surface area (Å²) in [5.41, 5.74) is 0.147. The summed E-state index contributed by atoms with van der Waals surface area (Å²) in [5, 5.41) is 18.6. The zero-order chi connectivity index (χ0) is 17.3. The topological polar surface area (TPSA) is 66.8 Å². The number of hydrogen-bond donors (Lipinski definition) is 2. The molecular weight excluding hydrogens is 292 g/mol. The number of rotatable bonds is 16. The van der Waals surface area contributed by atoms with Crippen molar-refractivity contribution in [2.75, 3.05) is 13.2 Å². The van der Waals surface area contributed by atoms with Gasteiger partial charge in [-0.25, -0.2) is 4.79 Å². The van der Waals surface area contributed by atoms with E-state index in [0.717, 1.165) is 32.1 Å². The Morgan fingerprint density at radius 2 is 1.52 bits per heavy atom. The smallest absolute Gasteiger partial charge is 0.336 e. The second-order valence-electron chi connectivity index (χ2n) is 6.22. The molecule has 0 radical (unpaired) electrons. The molecule has 0 aromatic rings. The molecule has 0 saturated carbocycles. The van der Waals surface area contributed by atoms with Crippen molar-refractivity contribution in [3.8, 4) is 0 Å². The molecule has 0 amide bonds. The number of carbonyl (C=O) groups is 1. The Balaban J connectivity index is 3.55. The molecule has 2 N–H and O–H groups in total. The lowest BCUT2D eigenvalue weighted by Crippen LogP contribution is -2.19. The highest BCUT2D eigenvalue weighted by molar-refractivity contribution is 5.88. The van der Waals surface area contributed by atoms with Gasteiger partial charge in [0.05, 0.1) is 18.3 Å². The molecule has 0 saturated heterocycles. The second kappa shape index (κ2) is 16.0. The SMILES string of the molecule is C=C(C(=O)OCCCCCCCCCC)C(O)CCCCCO. The Hall–Kier alpha value is -0.870. The maximum atomic E-state index is 11.8. The predicted molar refractivity (Wildman–Crippen MR) is 94.3 cm³/mol. The summed E-state index contributed by atoms with van der Waals surface area (Å²) < 4.78 is 5.16. The Morgan fingerprint density at radius 1 is 0.957 bits per heavy atom. The fourth-order valence-electron chi connectivity index (χ4n) is 2.43. The predicted octanol–water partition coefficient (Wildman–Crippen LogP) is 4.14.